The molecular weight excluding hydrogens is 302 g/mol. The highest BCUT2D eigenvalue weighted by molar-refractivity contribution is 7.15. The van der Waals surface area contributed by atoms with Crippen LogP contribution in [0.1, 0.15) is 42.7 Å². The first-order valence-electron chi connectivity index (χ1n) is 7.98. The summed E-state index contributed by atoms with van der Waals surface area (Å²) < 4.78 is 5.23. The number of carbonyl (C=O) groups is 1. The second-order valence-corrected chi connectivity index (χ2v) is 7.18. The lowest BCUT2D eigenvalue weighted by Crippen LogP contribution is -2.47. The number of nitrogens with zero attached hydrogens (tertiary/aromatic N) is 1. The first-order valence-corrected chi connectivity index (χ1v) is 8.80. The third-order valence-electron chi connectivity index (χ3n) is 4.32. The Morgan fingerprint density at radius 3 is 2.86 bits per heavy atom. The average molecular weight is 325 g/mol. The predicted octanol–water partition coefficient (Wildman–Crippen LogP) is 2.07. The number of hydrogen-bond acceptors (Lipinski definition) is 5. The number of ether oxygens (including phenoxy) is 1. The maximum atomic E-state index is 12.0. The van der Waals surface area contributed by atoms with Crippen molar-refractivity contribution in [3.8, 4) is 0 Å². The fourth-order valence-electron chi connectivity index (χ4n) is 2.90. The summed E-state index contributed by atoms with van der Waals surface area (Å²) in [5, 5.41) is 16.5. The summed E-state index contributed by atoms with van der Waals surface area (Å²) in [5.41, 5.74) is 0.288. The number of amides is 2. The second kappa shape index (κ2) is 6.93. The third kappa shape index (κ3) is 3.97. The summed E-state index contributed by atoms with van der Waals surface area (Å²) in [6.07, 6.45) is 6.82. The maximum absolute atomic E-state index is 12.0. The van der Waals surface area contributed by atoms with Crippen LogP contribution in [-0.2, 0) is 17.6 Å². The number of carbonyl (C=O) groups excluding carboxylic acids is 1. The molecule has 0 atom stereocenters. The molecule has 0 unspecified atom stereocenters. The summed E-state index contributed by atoms with van der Waals surface area (Å²) in [6.45, 7) is 1.32. The van der Waals surface area contributed by atoms with Crippen LogP contribution in [-0.4, -0.2) is 41.5 Å². The highest BCUT2D eigenvalue weighted by Gasteiger charge is 2.30. The van der Waals surface area contributed by atoms with Crippen molar-refractivity contribution in [1.82, 2.24) is 10.3 Å². The zero-order valence-electron chi connectivity index (χ0n) is 12.7. The van der Waals surface area contributed by atoms with Crippen molar-refractivity contribution in [2.75, 3.05) is 25.1 Å². The van der Waals surface area contributed by atoms with Gasteiger partial charge in [-0.2, -0.15) is 0 Å². The number of aliphatic hydroxyl groups is 1. The highest BCUT2D eigenvalue weighted by atomic mass is 32.1. The van der Waals surface area contributed by atoms with Gasteiger partial charge in [-0.1, -0.05) is 6.42 Å². The fraction of sp³-hybridized carbons (Fsp3) is 0.733. The summed E-state index contributed by atoms with van der Waals surface area (Å²) in [4.78, 5) is 17.8. The number of nitrogens with one attached hydrogen (secondary N) is 2. The second-order valence-electron chi connectivity index (χ2n) is 6.09. The number of anilines is 1. The SMILES string of the molecule is O=C(NCC1(O)CCOCC1)Nc1nc2c(s1)CCCCC2. The van der Waals surface area contributed by atoms with Crippen LogP contribution in [0.3, 0.4) is 0 Å². The number of aromatic nitrogens is 1. The molecule has 0 radical (unpaired) electrons. The van der Waals surface area contributed by atoms with Crippen LogP contribution in [0.4, 0.5) is 9.93 Å². The molecule has 7 heteroatoms. The Kier molecular flexibility index (Phi) is 4.95. The standard InChI is InChI=1S/C15H23N3O3S/c19-13(16-10-15(20)6-8-21-9-7-15)18-14-17-11-4-2-1-3-5-12(11)22-14/h20H,1-10H2,(H2,16,17,18,19). The van der Waals surface area contributed by atoms with E-state index in [4.69, 9.17) is 4.74 Å². The van der Waals surface area contributed by atoms with Gasteiger partial charge in [0, 0.05) is 37.5 Å². The minimum Gasteiger partial charge on any atom is -0.388 e. The highest BCUT2D eigenvalue weighted by Crippen LogP contribution is 2.28. The molecule has 1 aliphatic heterocycles. The summed E-state index contributed by atoms with van der Waals surface area (Å²) in [5.74, 6) is 0. The van der Waals surface area contributed by atoms with Gasteiger partial charge in [-0.15, -0.1) is 11.3 Å². The first-order chi connectivity index (χ1) is 10.6. The molecule has 0 aromatic carbocycles. The van der Waals surface area contributed by atoms with Crippen LogP contribution in [0.15, 0.2) is 0 Å². The number of hydrogen-bond donors (Lipinski definition) is 3. The number of fused-ring (bicyclic) bond motifs is 1. The zero-order valence-corrected chi connectivity index (χ0v) is 13.5. The van der Waals surface area contributed by atoms with Crippen LogP contribution < -0.4 is 10.6 Å². The molecule has 1 aliphatic carbocycles. The molecule has 0 saturated carbocycles. The van der Waals surface area contributed by atoms with Crippen molar-refractivity contribution in [2.24, 2.45) is 0 Å². The third-order valence-corrected chi connectivity index (χ3v) is 5.39. The number of urea groups is 1. The smallest absolute Gasteiger partial charge is 0.321 e. The van der Waals surface area contributed by atoms with Crippen LogP contribution >= 0.6 is 11.3 Å². The number of thiazole rings is 1. The van der Waals surface area contributed by atoms with E-state index in [2.05, 4.69) is 15.6 Å². The molecule has 3 rings (SSSR count). The predicted molar refractivity (Wildman–Crippen MR) is 85.4 cm³/mol. The van der Waals surface area contributed by atoms with Crippen molar-refractivity contribution in [2.45, 2.75) is 50.5 Å². The number of rotatable bonds is 3. The van der Waals surface area contributed by atoms with E-state index in [0.717, 1.165) is 18.5 Å². The Balaban J connectivity index is 1.51. The van der Waals surface area contributed by atoms with Gasteiger partial charge in [0.2, 0.25) is 0 Å². The maximum Gasteiger partial charge on any atom is 0.321 e. The minimum absolute atomic E-state index is 0.243. The molecule has 1 aromatic heterocycles. The number of aryl methyl sites for hydroxylation is 2. The van der Waals surface area contributed by atoms with Gasteiger partial charge in [-0.05, 0) is 25.7 Å². The Bertz CT molecular complexity index is 503. The van der Waals surface area contributed by atoms with Gasteiger partial charge in [0.05, 0.1) is 11.3 Å². The van der Waals surface area contributed by atoms with Crippen molar-refractivity contribution in [3.05, 3.63) is 10.6 Å². The monoisotopic (exact) mass is 325 g/mol. The molecule has 1 fully saturated rings. The average Bonchev–Trinajstić information content (AvgIpc) is 2.75. The molecule has 2 amide bonds. The lowest BCUT2D eigenvalue weighted by Gasteiger charge is -2.31. The molecule has 0 bridgehead atoms. The Labute approximate surface area is 134 Å². The minimum atomic E-state index is -0.852. The van der Waals surface area contributed by atoms with Crippen LogP contribution in [0.5, 0.6) is 0 Å². The van der Waals surface area contributed by atoms with Gasteiger partial charge in [-0.3, -0.25) is 5.32 Å². The normalized spacial score (nSPS) is 20.8. The molecule has 3 N–H and O–H groups in total. The van der Waals surface area contributed by atoms with Crippen LogP contribution in [0.2, 0.25) is 0 Å². The van der Waals surface area contributed by atoms with Gasteiger partial charge >= 0.3 is 6.03 Å². The van der Waals surface area contributed by atoms with E-state index in [1.54, 1.807) is 11.3 Å². The molecule has 22 heavy (non-hydrogen) atoms. The molecule has 1 saturated heterocycles. The quantitative estimate of drug-likeness (QED) is 0.743. The van der Waals surface area contributed by atoms with E-state index >= 15 is 0 Å². The Morgan fingerprint density at radius 2 is 2.05 bits per heavy atom. The van der Waals surface area contributed by atoms with Gasteiger partial charge in [-0.25, -0.2) is 9.78 Å². The van der Waals surface area contributed by atoms with E-state index < -0.39 is 5.60 Å². The topological polar surface area (TPSA) is 83.5 Å². The summed E-state index contributed by atoms with van der Waals surface area (Å²) in [6, 6.07) is -0.302. The molecule has 2 heterocycles. The van der Waals surface area contributed by atoms with Crippen LogP contribution in [0, 0.1) is 0 Å². The summed E-state index contributed by atoms with van der Waals surface area (Å²) in [7, 11) is 0. The van der Waals surface area contributed by atoms with E-state index in [0.29, 0.717) is 31.2 Å². The molecule has 2 aliphatic rings. The van der Waals surface area contributed by atoms with Gasteiger partial charge in [0.1, 0.15) is 0 Å². The molecule has 122 valence electrons. The molecule has 0 spiro atoms. The Morgan fingerprint density at radius 1 is 1.27 bits per heavy atom. The lowest BCUT2D eigenvalue weighted by molar-refractivity contribution is -0.0598. The van der Waals surface area contributed by atoms with E-state index in [1.165, 1.54) is 24.1 Å². The van der Waals surface area contributed by atoms with Crippen molar-refractivity contribution in [1.29, 1.82) is 0 Å². The largest absolute Gasteiger partial charge is 0.388 e. The molecule has 6 nitrogen and oxygen atoms in total. The van der Waals surface area contributed by atoms with Gasteiger partial charge < -0.3 is 15.2 Å². The Hall–Kier alpha value is -1.18. The van der Waals surface area contributed by atoms with Gasteiger partial charge in [0.25, 0.3) is 0 Å². The zero-order chi connectivity index (χ0) is 15.4. The van der Waals surface area contributed by atoms with Crippen molar-refractivity contribution < 1.29 is 14.6 Å². The summed E-state index contributed by atoms with van der Waals surface area (Å²) >= 11 is 1.57. The fourth-order valence-corrected chi connectivity index (χ4v) is 3.94. The first kappa shape index (κ1) is 15.7. The molecule has 1 aromatic rings. The lowest BCUT2D eigenvalue weighted by atomic mass is 9.94. The van der Waals surface area contributed by atoms with Crippen molar-refractivity contribution >= 4 is 22.5 Å². The van der Waals surface area contributed by atoms with Crippen LogP contribution in [0.25, 0.3) is 0 Å². The van der Waals surface area contributed by atoms with Gasteiger partial charge in [0.15, 0.2) is 5.13 Å². The van der Waals surface area contributed by atoms with E-state index in [-0.39, 0.29) is 12.6 Å². The van der Waals surface area contributed by atoms with E-state index in [1.807, 2.05) is 0 Å². The van der Waals surface area contributed by atoms with E-state index in [9.17, 15) is 9.90 Å². The molecular formula is C15H23N3O3S. The van der Waals surface area contributed by atoms with Crippen molar-refractivity contribution in [3.63, 3.8) is 0 Å².